The third-order valence-corrected chi connectivity index (χ3v) is 7.31. The Labute approximate surface area is 222 Å². The molecule has 0 saturated carbocycles. The number of nitrogens with zero attached hydrogens (tertiary/aromatic N) is 1. The Morgan fingerprint density at radius 1 is 1.00 bits per heavy atom. The number of hydrogen-bond donors (Lipinski definition) is 1. The van der Waals surface area contributed by atoms with Gasteiger partial charge in [-0.2, -0.15) is 0 Å². The van der Waals surface area contributed by atoms with Crippen molar-refractivity contribution in [3.05, 3.63) is 106 Å². The molecule has 2 heterocycles. The van der Waals surface area contributed by atoms with Crippen molar-refractivity contribution in [3.8, 4) is 5.75 Å². The van der Waals surface area contributed by atoms with Crippen molar-refractivity contribution >= 4 is 17.6 Å². The number of aryl methyl sites for hydroxylation is 1. The molecule has 2 amide bonds. The number of methoxy groups -OCH3 is 1. The Hall–Kier alpha value is -4.13. The quantitative estimate of drug-likeness (QED) is 0.406. The van der Waals surface area contributed by atoms with E-state index in [-0.39, 0.29) is 18.7 Å². The summed E-state index contributed by atoms with van der Waals surface area (Å²) in [4.78, 5) is 28.2. The lowest BCUT2D eigenvalue weighted by Gasteiger charge is -2.37. The van der Waals surface area contributed by atoms with Gasteiger partial charge in [-0.15, -0.1) is 0 Å². The van der Waals surface area contributed by atoms with Crippen molar-refractivity contribution in [1.29, 1.82) is 0 Å². The molecule has 0 radical (unpaired) electrons. The van der Waals surface area contributed by atoms with Crippen molar-refractivity contribution in [3.63, 3.8) is 0 Å². The molecule has 5 rings (SSSR count). The number of rotatable bonds is 7. The maximum Gasteiger partial charge on any atom is 0.336 e. The van der Waals surface area contributed by atoms with Gasteiger partial charge < -0.3 is 19.7 Å². The zero-order valence-corrected chi connectivity index (χ0v) is 21.6. The number of esters is 1. The lowest BCUT2D eigenvalue weighted by Crippen LogP contribution is -2.50. The van der Waals surface area contributed by atoms with E-state index in [2.05, 4.69) is 5.32 Å². The van der Waals surface area contributed by atoms with Gasteiger partial charge in [0.25, 0.3) is 0 Å². The highest BCUT2D eigenvalue weighted by atomic mass is 19.1. The average Bonchev–Trinajstić information content (AvgIpc) is 3.25. The van der Waals surface area contributed by atoms with E-state index in [9.17, 15) is 14.0 Å². The summed E-state index contributed by atoms with van der Waals surface area (Å²) < 4.78 is 25.5. The number of halogens is 1. The van der Waals surface area contributed by atoms with E-state index >= 15 is 0 Å². The van der Waals surface area contributed by atoms with Crippen LogP contribution in [0.15, 0.2) is 78.4 Å². The van der Waals surface area contributed by atoms with Gasteiger partial charge in [-0.25, -0.2) is 14.0 Å². The van der Waals surface area contributed by atoms with Crippen LogP contribution in [-0.2, 0) is 22.7 Å². The molecule has 38 heavy (non-hydrogen) atoms. The number of ether oxygens (including phenoxy) is 2. The minimum atomic E-state index is -0.486. The Kier molecular flexibility index (Phi) is 7.45. The second kappa shape index (κ2) is 11.1. The molecular weight excluding hydrogens is 483 g/mol. The van der Waals surface area contributed by atoms with Crippen molar-refractivity contribution in [2.75, 3.05) is 7.11 Å². The first-order valence-electron chi connectivity index (χ1n) is 12.8. The van der Waals surface area contributed by atoms with Crippen LogP contribution in [0.4, 0.5) is 9.18 Å². The number of benzene rings is 3. The molecule has 0 unspecified atom stereocenters. The topological polar surface area (TPSA) is 67.9 Å². The second-order valence-electron chi connectivity index (χ2n) is 9.80. The summed E-state index contributed by atoms with van der Waals surface area (Å²) in [5, 5.41) is 3.02. The van der Waals surface area contributed by atoms with Crippen LogP contribution in [0, 0.1) is 12.7 Å². The number of nitrogens with one attached hydrogen (secondary N) is 1. The molecule has 3 aromatic carbocycles. The number of hydrogen-bond acceptors (Lipinski definition) is 4. The minimum absolute atomic E-state index is 0.0894. The predicted octanol–water partition coefficient (Wildman–Crippen LogP) is 5.79. The van der Waals surface area contributed by atoms with E-state index in [4.69, 9.17) is 9.47 Å². The highest BCUT2D eigenvalue weighted by Gasteiger charge is 2.47. The maximum absolute atomic E-state index is 14.3. The molecule has 1 fully saturated rings. The summed E-state index contributed by atoms with van der Waals surface area (Å²) in [6.07, 6.45) is 1.86. The first-order chi connectivity index (χ1) is 18.4. The number of carbonyl (C=O) groups is 2. The summed E-state index contributed by atoms with van der Waals surface area (Å²) in [5.74, 6) is -0.546. The van der Waals surface area contributed by atoms with Gasteiger partial charge in [0.1, 0.15) is 18.2 Å². The first kappa shape index (κ1) is 25.5. The van der Waals surface area contributed by atoms with Crippen LogP contribution < -0.4 is 10.1 Å². The summed E-state index contributed by atoms with van der Waals surface area (Å²) >= 11 is 0. The normalized spacial score (nSPS) is 18.3. The molecule has 196 valence electrons. The number of fused-ring (bicyclic) bond motifs is 2. The van der Waals surface area contributed by atoms with Crippen LogP contribution in [0.3, 0.4) is 0 Å². The maximum atomic E-state index is 14.3. The Morgan fingerprint density at radius 3 is 2.50 bits per heavy atom. The number of amides is 2. The Bertz CT molecular complexity index is 1350. The Balaban J connectivity index is 1.44. The molecule has 2 aliphatic rings. The lowest BCUT2D eigenvalue weighted by atomic mass is 9.88. The highest BCUT2D eigenvalue weighted by molar-refractivity contribution is 6.01. The van der Waals surface area contributed by atoms with Crippen molar-refractivity contribution in [2.24, 2.45) is 0 Å². The van der Waals surface area contributed by atoms with Gasteiger partial charge in [-0.05, 0) is 55.0 Å². The van der Waals surface area contributed by atoms with E-state index < -0.39 is 17.8 Å². The smallest absolute Gasteiger partial charge is 0.336 e. The second-order valence-corrected chi connectivity index (χ2v) is 9.80. The monoisotopic (exact) mass is 514 g/mol. The first-order valence-corrected chi connectivity index (χ1v) is 12.8. The van der Waals surface area contributed by atoms with Crippen LogP contribution in [0.25, 0.3) is 5.57 Å². The summed E-state index contributed by atoms with van der Waals surface area (Å²) in [5.41, 5.74) is 4.94. The highest BCUT2D eigenvalue weighted by Crippen LogP contribution is 2.45. The lowest BCUT2D eigenvalue weighted by molar-refractivity contribution is -0.136. The van der Waals surface area contributed by atoms with Gasteiger partial charge in [0.2, 0.25) is 0 Å². The van der Waals surface area contributed by atoms with Gasteiger partial charge >= 0.3 is 12.0 Å². The molecule has 0 aliphatic carbocycles. The molecular formula is C31H31FN2O4. The van der Waals surface area contributed by atoms with Crippen molar-refractivity contribution in [2.45, 2.75) is 51.4 Å². The van der Waals surface area contributed by atoms with E-state index in [1.165, 1.54) is 19.2 Å². The minimum Gasteiger partial charge on any atom is -0.488 e. The largest absolute Gasteiger partial charge is 0.488 e. The molecule has 0 spiro atoms. The van der Waals surface area contributed by atoms with E-state index in [1.807, 2.05) is 61.5 Å². The van der Waals surface area contributed by atoms with Crippen LogP contribution >= 0.6 is 0 Å². The SMILES string of the molecule is COC(=O)C1=C(c2ccc(F)cc2OCc2ccccc2)C[C@@H]2CC[C@H]1N2C(=O)NCc1ccc(C)cc1. The van der Waals surface area contributed by atoms with Crippen LogP contribution in [0.5, 0.6) is 5.75 Å². The number of carbonyl (C=O) groups excluding carboxylic acids is 2. The van der Waals surface area contributed by atoms with E-state index in [0.29, 0.717) is 36.3 Å². The Morgan fingerprint density at radius 2 is 1.76 bits per heavy atom. The number of urea groups is 1. The average molecular weight is 515 g/mol. The van der Waals surface area contributed by atoms with Gasteiger partial charge in [0, 0.05) is 24.2 Å². The summed E-state index contributed by atoms with van der Waals surface area (Å²) in [7, 11) is 1.34. The van der Waals surface area contributed by atoms with Crippen molar-refractivity contribution in [1.82, 2.24) is 10.2 Å². The fourth-order valence-corrected chi connectivity index (χ4v) is 5.42. The third-order valence-electron chi connectivity index (χ3n) is 7.31. The molecule has 1 saturated heterocycles. The van der Waals surface area contributed by atoms with E-state index in [0.717, 1.165) is 28.7 Å². The molecule has 6 nitrogen and oxygen atoms in total. The van der Waals surface area contributed by atoms with Crippen LogP contribution in [-0.4, -0.2) is 36.1 Å². The zero-order chi connectivity index (χ0) is 26.6. The predicted molar refractivity (Wildman–Crippen MR) is 143 cm³/mol. The molecule has 3 aromatic rings. The summed E-state index contributed by atoms with van der Waals surface area (Å²) in [6.45, 7) is 2.68. The zero-order valence-electron chi connectivity index (χ0n) is 21.6. The molecule has 2 bridgehead atoms. The van der Waals surface area contributed by atoms with Gasteiger partial charge in [-0.3, -0.25) is 0 Å². The van der Waals surface area contributed by atoms with Crippen LogP contribution in [0.2, 0.25) is 0 Å². The van der Waals surface area contributed by atoms with Gasteiger partial charge in [0.15, 0.2) is 0 Å². The van der Waals surface area contributed by atoms with Crippen LogP contribution in [0.1, 0.15) is 41.5 Å². The van der Waals surface area contributed by atoms with E-state index in [1.54, 1.807) is 11.0 Å². The van der Waals surface area contributed by atoms with Gasteiger partial charge in [0.05, 0.1) is 18.7 Å². The standard InChI is InChI=1S/C31H31FN2O4/c1-20-8-10-21(11-9-20)18-33-31(36)34-24-13-15-27(34)29(30(35)37-2)26(17-24)25-14-12-23(32)16-28(25)38-19-22-6-4-3-5-7-22/h3-12,14,16,24,27H,13,15,17-19H2,1-2H3,(H,33,36)/t24-,27+/m0/s1. The summed E-state index contributed by atoms with van der Waals surface area (Å²) in [6, 6.07) is 21.3. The fourth-order valence-electron chi connectivity index (χ4n) is 5.42. The molecule has 1 N–H and O–H groups in total. The van der Waals surface area contributed by atoms with Gasteiger partial charge in [-0.1, -0.05) is 60.2 Å². The van der Waals surface area contributed by atoms with Crippen molar-refractivity contribution < 1.29 is 23.5 Å². The molecule has 2 aliphatic heterocycles. The third kappa shape index (κ3) is 5.28. The molecule has 2 atom stereocenters. The molecule has 0 aromatic heterocycles. The molecule has 7 heteroatoms. The fraction of sp³-hybridized carbons (Fsp3) is 0.290.